The third-order valence-electron chi connectivity index (χ3n) is 3.90. The van der Waals surface area contributed by atoms with E-state index in [1.165, 1.54) is 6.42 Å². The predicted octanol–water partition coefficient (Wildman–Crippen LogP) is 2.79. The van der Waals surface area contributed by atoms with Gasteiger partial charge in [0, 0.05) is 0 Å². The number of alkyl halides is 1. The Balaban J connectivity index is 2.46. The van der Waals surface area contributed by atoms with Crippen LogP contribution in [0.2, 0.25) is 0 Å². The zero-order chi connectivity index (χ0) is 8.98. The number of rotatable bonds is 0. The van der Waals surface area contributed by atoms with E-state index in [1.54, 1.807) is 0 Å². The summed E-state index contributed by atoms with van der Waals surface area (Å²) in [6.45, 7) is 4.52. The largest absolute Gasteiger partial charge is 0.411 e. The van der Waals surface area contributed by atoms with Gasteiger partial charge in [0.25, 0.3) is 0 Å². The van der Waals surface area contributed by atoms with E-state index in [9.17, 15) is 0 Å². The molecule has 2 saturated carbocycles. The Morgan fingerprint density at radius 1 is 1.58 bits per heavy atom. The first-order valence-electron chi connectivity index (χ1n) is 4.42. The Bertz CT molecular complexity index is 249. The summed E-state index contributed by atoms with van der Waals surface area (Å²) in [5.41, 5.74) is 1.21. The van der Waals surface area contributed by atoms with Crippen molar-refractivity contribution in [1.29, 1.82) is 0 Å². The molecule has 0 aromatic heterocycles. The first kappa shape index (κ1) is 8.54. The first-order chi connectivity index (χ1) is 5.52. The lowest BCUT2D eigenvalue weighted by molar-refractivity contribution is 0.288. The highest BCUT2D eigenvalue weighted by Crippen LogP contribution is 2.62. The van der Waals surface area contributed by atoms with Gasteiger partial charge in [-0.25, -0.2) is 0 Å². The monoisotopic (exact) mass is 231 g/mol. The standard InChI is InChI=1S/C9H14BrNO/c1-8(2)6-3-4-9(8,10)7(5-6)11-12/h6,12H,3-5H2,1-2H3/b11-7+/t6-,9-/m0/s1. The molecule has 2 aliphatic carbocycles. The second-order valence-electron chi connectivity index (χ2n) is 4.51. The van der Waals surface area contributed by atoms with Crippen molar-refractivity contribution in [3.63, 3.8) is 0 Å². The summed E-state index contributed by atoms with van der Waals surface area (Å²) >= 11 is 3.74. The van der Waals surface area contributed by atoms with Gasteiger partial charge in [-0.1, -0.05) is 34.9 Å². The topological polar surface area (TPSA) is 32.6 Å². The van der Waals surface area contributed by atoms with Crippen LogP contribution < -0.4 is 0 Å². The smallest absolute Gasteiger partial charge is 0.0746 e. The van der Waals surface area contributed by atoms with Gasteiger partial charge >= 0.3 is 0 Å². The average molecular weight is 232 g/mol. The minimum atomic E-state index is -0.0145. The van der Waals surface area contributed by atoms with Gasteiger partial charge in [-0.3, -0.25) is 0 Å². The normalized spacial score (nSPS) is 47.2. The van der Waals surface area contributed by atoms with Gasteiger partial charge in [-0.15, -0.1) is 0 Å². The third kappa shape index (κ3) is 0.734. The molecule has 0 spiro atoms. The molecule has 0 unspecified atom stereocenters. The number of fused-ring (bicyclic) bond motifs is 2. The minimum absolute atomic E-state index is 0.0145. The van der Waals surface area contributed by atoms with Crippen LogP contribution in [0.3, 0.4) is 0 Å². The van der Waals surface area contributed by atoms with Crippen molar-refractivity contribution in [3.05, 3.63) is 0 Å². The number of nitrogens with zero attached hydrogens (tertiary/aromatic N) is 1. The van der Waals surface area contributed by atoms with Gasteiger partial charge in [0.2, 0.25) is 0 Å². The minimum Gasteiger partial charge on any atom is -0.411 e. The van der Waals surface area contributed by atoms with Gasteiger partial charge in [-0.2, -0.15) is 0 Å². The maximum atomic E-state index is 8.84. The summed E-state index contributed by atoms with van der Waals surface area (Å²) < 4.78 is -0.0145. The lowest BCUT2D eigenvalue weighted by Gasteiger charge is -2.31. The molecule has 2 fully saturated rings. The summed E-state index contributed by atoms with van der Waals surface area (Å²) in [7, 11) is 0. The van der Waals surface area contributed by atoms with Crippen LogP contribution in [-0.2, 0) is 0 Å². The van der Waals surface area contributed by atoms with Crippen LogP contribution >= 0.6 is 15.9 Å². The molecule has 0 heterocycles. The van der Waals surface area contributed by atoms with Gasteiger partial charge in [0.15, 0.2) is 0 Å². The van der Waals surface area contributed by atoms with E-state index in [4.69, 9.17) is 5.21 Å². The van der Waals surface area contributed by atoms with Crippen molar-refractivity contribution < 1.29 is 5.21 Å². The van der Waals surface area contributed by atoms with Gasteiger partial charge < -0.3 is 5.21 Å². The molecule has 0 aromatic carbocycles. The maximum Gasteiger partial charge on any atom is 0.0746 e. The van der Waals surface area contributed by atoms with Crippen molar-refractivity contribution in [1.82, 2.24) is 0 Å². The van der Waals surface area contributed by atoms with E-state index in [0.29, 0.717) is 5.92 Å². The molecule has 2 atom stereocenters. The molecular weight excluding hydrogens is 218 g/mol. The number of hydrogen-bond acceptors (Lipinski definition) is 2. The van der Waals surface area contributed by atoms with E-state index in [2.05, 4.69) is 34.9 Å². The molecule has 1 N–H and O–H groups in total. The second-order valence-corrected chi connectivity index (χ2v) is 5.86. The van der Waals surface area contributed by atoms with E-state index in [1.807, 2.05) is 0 Å². The molecule has 68 valence electrons. The van der Waals surface area contributed by atoms with E-state index < -0.39 is 0 Å². The first-order valence-corrected chi connectivity index (χ1v) is 5.22. The summed E-state index contributed by atoms with van der Waals surface area (Å²) in [6, 6.07) is 0. The molecule has 0 amide bonds. The third-order valence-corrected chi connectivity index (χ3v) is 5.77. The quantitative estimate of drug-likeness (QED) is 0.388. The Morgan fingerprint density at radius 2 is 2.25 bits per heavy atom. The molecule has 0 radical (unpaired) electrons. The Kier molecular flexibility index (Phi) is 1.60. The average Bonchev–Trinajstić information content (AvgIpc) is 2.34. The van der Waals surface area contributed by atoms with E-state index in [-0.39, 0.29) is 9.74 Å². The van der Waals surface area contributed by atoms with Crippen LogP contribution in [0.25, 0.3) is 0 Å². The fourth-order valence-electron chi connectivity index (χ4n) is 2.77. The van der Waals surface area contributed by atoms with Gasteiger partial charge in [-0.05, 0) is 30.6 Å². The van der Waals surface area contributed by atoms with Crippen molar-refractivity contribution in [2.75, 3.05) is 0 Å². The highest BCUT2D eigenvalue weighted by atomic mass is 79.9. The SMILES string of the molecule is CC1(C)[C@H]2CC[C@]1(Br)/C(=N/O)C2. The second kappa shape index (κ2) is 2.25. The molecule has 2 bridgehead atoms. The highest BCUT2D eigenvalue weighted by Gasteiger charge is 2.61. The molecule has 2 nitrogen and oxygen atoms in total. The lowest BCUT2D eigenvalue weighted by Crippen LogP contribution is -2.36. The highest BCUT2D eigenvalue weighted by molar-refractivity contribution is 9.10. The lowest BCUT2D eigenvalue weighted by atomic mass is 9.82. The molecule has 3 heteroatoms. The molecule has 2 aliphatic rings. The molecule has 2 rings (SSSR count). The fraction of sp³-hybridized carbons (Fsp3) is 0.889. The Morgan fingerprint density at radius 3 is 2.50 bits per heavy atom. The van der Waals surface area contributed by atoms with Crippen molar-refractivity contribution >= 4 is 21.6 Å². The number of hydrogen-bond donors (Lipinski definition) is 1. The van der Waals surface area contributed by atoms with Crippen LogP contribution in [0.1, 0.15) is 33.1 Å². The fourth-order valence-corrected chi connectivity index (χ4v) is 3.56. The molecule has 0 aliphatic heterocycles. The van der Waals surface area contributed by atoms with E-state index >= 15 is 0 Å². The van der Waals surface area contributed by atoms with Crippen molar-refractivity contribution in [2.24, 2.45) is 16.5 Å². The maximum absolute atomic E-state index is 8.84. The van der Waals surface area contributed by atoms with Crippen LogP contribution in [0.5, 0.6) is 0 Å². The Labute approximate surface area is 81.2 Å². The summed E-state index contributed by atoms with van der Waals surface area (Å²) in [6.07, 6.45) is 3.34. The van der Waals surface area contributed by atoms with Crippen LogP contribution in [-0.4, -0.2) is 15.2 Å². The molecule has 0 saturated heterocycles. The summed E-state index contributed by atoms with van der Waals surface area (Å²) in [4.78, 5) is 0. The number of halogens is 1. The zero-order valence-electron chi connectivity index (χ0n) is 7.47. The van der Waals surface area contributed by atoms with Crippen LogP contribution in [0.15, 0.2) is 5.16 Å². The molecule has 12 heavy (non-hydrogen) atoms. The van der Waals surface area contributed by atoms with Gasteiger partial charge in [0.1, 0.15) is 0 Å². The van der Waals surface area contributed by atoms with Crippen molar-refractivity contribution in [2.45, 2.75) is 37.4 Å². The zero-order valence-corrected chi connectivity index (χ0v) is 9.06. The predicted molar refractivity (Wildman–Crippen MR) is 52.0 cm³/mol. The molecular formula is C9H14BrNO. The van der Waals surface area contributed by atoms with E-state index in [0.717, 1.165) is 18.6 Å². The van der Waals surface area contributed by atoms with Gasteiger partial charge in [0.05, 0.1) is 10.0 Å². The van der Waals surface area contributed by atoms with Crippen LogP contribution in [0.4, 0.5) is 0 Å². The summed E-state index contributed by atoms with van der Waals surface area (Å²) in [5, 5.41) is 12.3. The number of oxime groups is 1. The van der Waals surface area contributed by atoms with Crippen molar-refractivity contribution in [3.8, 4) is 0 Å². The van der Waals surface area contributed by atoms with Crippen LogP contribution in [0, 0.1) is 11.3 Å². The molecule has 0 aromatic rings. The Hall–Kier alpha value is -0.0500. The summed E-state index contributed by atoms with van der Waals surface area (Å²) in [5.74, 6) is 0.697.